The van der Waals surface area contributed by atoms with E-state index in [0.29, 0.717) is 5.39 Å². The normalized spacial score (nSPS) is 11.1. The Labute approximate surface area is 115 Å². The fraction of sp³-hybridized carbons (Fsp3) is 0.214. The number of fused-ring (bicyclic) bond motifs is 1. The third kappa shape index (κ3) is 2.05. The summed E-state index contributed by atoms with van der Waals surface area (Å²) in [6.45, 7) is 0.777. The van der Waals surface area contributed by atoms with Crippen LogP contribution in [0, 0.1) is 10.1 Å². The molecule has 0 saturated carbocycles. The molecule has 0 unspecified atom stereocenters. The minimum atomic E-state index is -0.336. The molecule has 0 atom stereocenters. The number of aromatic amines is 1. The molecule has 3 rings (SSSR count). The van der Waals surface area contributed by atoms with Crippen LogP contribution in [-0.4, -0.2) is 14.5 Å². The number of aryl methyl sites for hydroxylation is 3. The third-order valence-electron chi connectivity index (χ3n) is 3.55. The molecule has 102 valence electrons. The third-order valence-corrected chi connectivity index (χ3v) is 3.55. The highest BCUT2D eigenvalue weighted by Crippen LogP contribution is 2.26. The van der Waals surface area contributed by atoms with Crippen LogP contribution in [0.15, 0.2) is 42.9 Å². The van der Waals surface area contributed by atoms with Crippen LogP contribution in [0.3, 0.4) is 0 Å². The van der Waals surface area contributed by atoms with Crippen molar-refractivity contribution in [3.05, 3.63) is 58.8 Å². The van der Waals surface area contributed by atoms with Crippen LogP contribution in [0.2, 0.25) is 0 Å². The van der Waals surface area contributed by atoms with Crippen molar-refractivity contribution >= 4 is 16.6 Å². The minimum absolute atomic E-state index is 0.159. The predicted octanol–water partition coefficient (Wildman–Crippen LogP) is 1.94. The van der Waals surface area contributed by atoms with Gasteiger partial charge in [0.05, 0.1) is 29.3 Å². The summed E-state index contributed by atoms with van der Waals surface area (Å²) in [5, 5.41) is 11.7. The van der Waals surface area contributed by atoms with E-state index in [0.717, 1.165) is 24.3 Å². The molecule has 1 aromatic carbocycles. The first-order valence-electron chi connectivity index (χ1n) is 6.41. The molecule has 1 N–H and O–H groups in total. The predicted molar refractivity (Wildman–Crippen MR) is 74.3 cm³/mol. The topological polar surface area (TPSA) is 67.7 Å². The molecule has 2 aromatic heterocycles. The highest BCUT2D eigenvalue weighted by atomic mass is 16.6. The summed E-state index contributed by atoms with van der Waals surface area (Å²) in [5.41, 5.74) is 1.06. The molecule has 6 nitrogen and oxygen atoms in total. The van der Waals surface area contributed by atoms with Gasteiger partial charge in [0.15, 0.2) is 0 Å². The van der Waals surface area contributed by atoms with Gasteiger partial charge in [-0.1, -0.05) is 6.07 Å². The lowest BCUT2D eigenvalue weighted by Crippen LogP contribution is -2.31. The number of hydrogen-bond acceptors (Lipinski definition) is 2. The van der Waals surface area contributed by atoms with E-state index in [-0.39, 0.29) is 10.6 Å². The van der Waals surface area contributed by atoms with Gasteiger partial charge < -0.3 is 4.57 Å². The van der Waals surface area contributed by atoms with Crippen LogP contribution in [0.25, 0.3) is 10.9 Å². The van der Waals surface area contributed by atoms with Crippen LogP contribution in [0.1, 0.15) is 5.82 Å². The second-order valence-corrected chi connectivity index (χ2v) is 4.74. The summed E-state index contributed by atoms with van der Waals surface area (Å²) in [5.74, 6) is 1.12. The molecule has 0 bridgehead atoms. The average Bonchev–Trinajstić information content (AvgIpc) is 3.02. The number of rotatable bonds is 4. The first-order valence-corrected chi connectivity index (χ1v) is 6.41. The molecule has 0 aliphatic rings. The van der Waals surface area contributed by atoms with Crippen molar-refractivity contribution in [3.8, 4) is 0 Å². The van der Waals surface area contributed by atoms with E-state index in [2.05, 4.69) is 4.98 Å². The largest absolute Gasteiger partial charge is 0.347 e. The Morgan fingerprint density at radius 3 is 2.95 bits per heavy atom. The lowest BCUT2D eigenvalue weighted by Gasteiger charge is -2.03. The molecule has 0 spiro atoms. The van der Waals surface area contributed by atoms with Gasteiger partial charge in [-0.25, -0.2) is 9.55 Å². The Kier molecular flexibility index (Phi) is 2.98. The zero-order chi connectivity index (χ0) is 14.1. The van der Waals surface area contributed by atoms with Crippen molar-refractivity contribution in [2.75, 3.05) is 0 Å². The average molecular weight is 271 g/mol. The summed E-state index contributed by atoms with van der Waals surface area (Å²) < 4.78 is 4.08. The van der Waals surface area contributed by atoms with E-state index in [1.165, 1.54) is 6.07 Å². The van der Waals surface area contributed by atoms with Crippen LogP contribution >= 0.6 is 0 Å². The van der Waals surface area contributed by atoms with E-state index in [1.54, 1.807) is 6.07 Å². The number of benzene rings is 1. The molecule has 0 saturated heterocycles. The van der Waals surface area contributed by atoms with Crippen molar-refractivity contribution in [2.45, 2.75) is 13.0 Å². The summed E-state index contributed by atoms with van der Waals surface area (Å²) in [6, 6.07) is 6.99. The minimum Gasteiger partial charge on any atom is -0.347 e. The van der Waals surface area contributed by atoms with Crippen molar-refractivity contribution in [2.24, 2.45) is 7.05 Å². The standard InChI is InChI=1S/C14H14N4O2/c1-16-10-7-15-14(16)6-9-17-8-5-11-12(17)3-2-4-13(11)18(19)20/h2-5,7-8,10H,6,9H2,1H3/p+1. The molecule has 0 aliphatic carbocycles. The molecular formula is C14H15N4O2+. The van der Waals surface area contributed by atoms with E-state index in [9.17, 15) is 10.1 Å². The maximum atomic E-state index is 11.0. The Hall–Kier alpha value is -2.63. The van der Waals surface area contributed by atoms with Crippen LogP contribution < -0.4 is 4.57 Å². The number of nitro benzene ring substituents is 1. The number of imidazole rings is 1. The number of non-ortho nitro benzene ring substituents is 1. The number of nitrogens with one attached hydrogen (secondary N) is 1. The molecule has 3 aromatic rings. The van der Waals surface area contributed by atoms with Crippen LogP contribution in [-0.2, 0) is 20.0 Å². The van der Waals surface area contributed by atoms with Gasteiger partial charge in [-0.2, -0.15) is 0 Å². The van der Waals surface area contributed by atoms with E-state index >= 15 is 0 Å². The number of nitro groups is 1. The molecule has 0 fully saturated rings. The fourth-order valence-corrected chi connectivity index (χ4v) is 2.47. The highest BCUT2D eigenvalue weighted by molar-refractivity contribution is 5.89. The Morgan fingerprint density at radius 1 is 1.40 bits per heavy atom. The Balaban J connectivity index is 1.91. The zero-order valence-electron chi connectivity index (χ0n) is 11.1. The van der Waals surface area contributed by atoms with Crippen molar-refractivity contribution in [3.63, 3.8) is 0 Å². The van der Waals surface area contributed by atoms with Gasteiger partial charge in [-0.3, -0.25) is 10.1 Å². The van der Waals surface area contributed by atoms with Crippen molar-refractivity contribution in [1.29, 1.82) is 0 Å². The second kappa shape index (κ2) is 4.80. The summed E-state index contributed by atoms with van der Waals surface area (Å²) >= 11 is 0. The summed E-state index contributed by atoms with van der Waals surface area (Å²) in [7, 11) is 1.99. The number of H-pyrrole nitrogens is 1. The SMILES string of the molecule is C[n+]1cc[nH]c1CCn1ccc2c([N+](=O)[O-])cccc21. The monoisotopic (exact) mass is 271 g/mol. The van der Waals surface area contributed by atoms with E-state index in [1.807, 2.05) is 46.9 Å². The molecule has 0 amide bonds. The van der Waals surface area contributed by atoms with Gasteiger partial charge in [0.2, 0.25) is 0 Å². The molecule has 20 heavy (non-hydrogen) atoms. The molecule has 2 heterocycles. The molecular weight excluding hydrogens is 256 g/mol. The smallest absolute Gasteiger partial charge is 0.278 e. The lowest BCUT2D eigenvalue weighted by molar-refractivity contribution is -0.677. The zero-order valence-corrected chi connectivity index (χ0v) is 11.1. The molecule has 0 radical (unpaired) electrons. The summed E-state index contributed by atoms with van der Waals surface area (Å²) in [6.07, 6.45) is 6.61. The molecule has 0 aliphatic heterocycles. The van der Waals surface area contributed by atoms with Crippen molar-refractivity contribution in [1.82, 2.24) is 9.55 Å². The van der Waals surface area contributed by atoms with Gasteiger partial charge in [0, 0.05) is 18.8 Å². The van der Waals surface area contributed by atoms with Gasteiger partial charge >= 0.3 is 0 Å². The molecule has 6 heteroatoms. The fourth-order valence-electron chi connectivity index (χ4n) is 2.47. The number of nitrogens with zero attached hydrogens (tertiary/aromatic N) is 3. The number of hydrogen-bond donors (Lipinski definition) is 1. The second-order valence-electron chi connectivity index (χ2n) is 4.74. The maximum Gasteiger partial charge on any atom is 0.278 e. The highest BCUT2D eigenvalue weighted by Gasteiger charge is 2.14. The Morgan fingerprint density at radius 2 is 2.25 bits per heavy atom. The quantitative estimate of drug-likeness (QED) is 0.447. The van der Waals surface area contributed by atoms with E-state index in [4.69, 9.17) is 0 Å². The van der Waals surface area contributed by atoms with E-state index < -0.39 is 0 Å². The van der Waals surface area contributed by atoms with Crippen LogP contribution in [0.5, 0.6) is 0 Å². The first kappa shape index (κ1) is 12.4. The lowest BCUT2D eigenvalue weighted by atomic mass is 10.2. The van der Waals surface area contributed by atoms with Gasteiger partial charge in [-0.05, 0) is 12.1 Å². The maximum absolute atomic E-state index is 11.0. The van der Waals surface area contributed by atoms with Gasteiger partial charge in [0.25, 0.3) is 11.5 Å². The van der Waals surface area contributed by atoms with Crippen molar-refractivity contribution < 1.29 is 9.49 Å². The van der Waals surface area contributed by atoms with Gasteiger partial charge in [-0.15, -0.1) is 0 Å². The summed E-state index contributed by atoms with van der Waals surface area (Å²) in [4.78, 5) is 13.9. The first-order chi connectivity index (χ1) is 9.66. The van der Waals surface area contributed by atoms with Gasteiger partial charge in [0.1, 0.15) is 12.4 Å². The van der Waals surface area contributed by atoms with Crippen LogP contribution in [0.4, 0.5) is 5.69 Å². The number of aromatic nitrogens is 3. The Bertz CT molecular complexity index is 772.